The van der Waals surface area contributed by atoms with Gasteiger partial charge >= 0.3 is 11.9 Å². The number of esters is 2. The van der Waals surface area contributed by atoms with E-state index in [2.05, 4.69) is 50.3 Å². The van der Waals surface area contributed by atoms with Gasteiger partial charge in [-0.1, -0.05) is 172 Å². The minimum Gasteiger partial charge on any atom is -0.756 e. The number of nitrogens with zero attached hydrogens (tertiary/aromatic N) is 1. The van der Waals surface area contributed by atoms with Crippen molar-refractivity contribution in [2.75, 3.05) is 47.5 Å². The second kappa shape index (κ2) is 38.7. The first-order valence-electron chi connectivity index (χ1n) is 22.7. The minimum absolute atomic E-state index is 0.0338. The van der Waals surface area contributed by atoms with Crippen LogP contribution in [0.3, 0.4) is 0 Å². The van der Waals surface area contributed by atoms with E-state index in [0.717, 1.165) is 70.6 Å². The van der Waals surface area contributed by atoms with Crippen LogP contribution in [0.25, 0.3) is 0 Å². The van der Waals surface area contributed by atoms with Crippen LogP contribution in [0.5, 0.6) is 0 Å². The van der Waals surface area contributed by atoms with Gasteiger partial charge in [-0.2, -0.15) is 0 Å². The molecule has 0 saturated heterocycles. The quantitative estimate of drug-likeness (QED) is 0.0197. The molecule has 0 heterocycles. The van der Waals surface area contributed by atoms with Crippen LogP contribution >= 0.6 is 7.82 Å². The lowest BCUT2D eigenvalue weighted by molar-refractivity contribution is -0.870. The van der Waals surface area contributed by atoms with Crippen LogP contribution in [0.4, 0.5) is 0 Å². The van der Waals surface area contributed by atoms with Gasteiger partial charge in [-0.15, -0.1) is 0 Å². The van der Waals surface area contributed by atoms with Crippen molar-refractivity contribution < 1.29 is 42.1 Å². The van der Waals surface area contributed by atoms with Crippen LogP contribution in [0.15, 0.2) is 36.5 Å². The van der Waals surface area contributed by atoms with Crippen LogP contribution in [0.2, 0.25) is 0 Å². The number of hydrogen-bond donors (Lipinski definition) is 0. The number of allylic oxidation sites excluding steroid dienone is 6. The third-order valence-corrected chi connectivity index (χ3v) is 10.6. The Morgan fingerprint density at radius 2 is 1.02 bits per heavy atom. The summed E-state index contributed by atoms with van der Waals surface area (Å²) in [6.07, 6.45) is 43.1. The second-order valence-electron chi connectivity index (χ2n) is 16.4. The largest absolute Gasteiger partial charge is 0.756 e. The fraction of sp³-hybridized carbons (Fsp3) is 0.826. The molecule has 0 N–H and O–H groups in total. The predicted molar refractivity (Wildman–Crippen MR) is 231 cm³/mol. The van der Waals surface area contributed by atoms with Gasteiger partial charge in [0.05, 0.1) is 27.7 Å². The summed E-state index contributed by atoms with van der Waals surface area (Å²) in [5.74, 6) is -0.849. The van der Waals surface area contributed by atoms with Crippen molar-refractivity contribution in [3.8, 4) is 0 Å². The monoisotopic (exact) mass is 812 g/mol. The van der Waals surface area contributed by atoms with Crippen LogP contribution in [-0.2, 0) is 32.7 Å². The summed E-state index contributed by atoms with van der Waals surface area (Å²) in [4.78, 5) is 37.5. The lowest BCUT2D eigenvalue weighted by Crippen LogP contribution is -2.37. The molecule has 0 spiro atoms. The topological polar surface area (TPSA) is 111 Å². The number of quaternary nitrogens is 1. The molecule has 0 aromatic carbocycles. The van der Waals surface area contributed by atoms with E-state index in [-0.39, 0.29) is 32.0 Å². The summed E-state index contributed by atoms with van der Waals surface area (Å²) in [6, 6.07) is 0. The highest BCUT2D eigenvalue weighted by Gasteiger charge is 2.21. The number of carbonyl (C=O) groups is 2. The van der Waals surface area contributed by atoms with Crippen molar-refractivity contribution in [3.63, 3.8) is 0 Å². The van der Waals surface area contributed by atoms with Crippen molar-refractivity contribution in [1.29, 1.82) is 0 Å². The number of phosphoric acid groups is 1. The smallest absolute Gasteiger partial charge is 0.306 e. The van der Waals surface area contributed by atoms with Gasteiger partial charge in [0.1, 0.15) is 19.8 Å². The van der Waals surface area contributed by atoms with Gasteiger partial charge in [0.15, 0.2) is 6.10 Å². The summed E-state index contributed by atoms with van der Waals surface area (Å²) in [5, 5.41) is 0. The fourth-order valence-corrected chi connectivity index (χ4v) is 6.87. The van der Waals surface area contributed by atoms with Crippen molar-refractivity contribution in [2.24, 2.45) is 0 Å². The number of carbonyl (C=O) groups excluding carboxylic acids is 2. The van der Waals surface area contributed by atoms with E-state index < -0.39 is 26.5 Å². The Morgan fingerprint density at radius 1 is 0.571 bits per heavy atom. The van der Waals surface area contributed by atoms with Crippen molar-refractivity contribution >= 4 is 19.8 Å². The van der Waals surface area contributed by atoms with Crippen LogP contribution in [-0.4, -0.2) is 70.0 Å². The van der Waals surface area contributed by atoms with Crippen molar-refractivity contribution in [2.45, 2.75) is 200 Å². The maximum atomic E-state index is 12.7. The summed E-state index contributed by atoms with van der Waals surface area (Å²) < 4.78 is 33.9. The summed E-state index contributed by atoms with van der Waals surface area (Å²) in [5.41, 5.74) is 0. The number of likely N-dealkylation sites (N-methyl/N-ethyl adjacent to an activating group) is 1. The third-order valence-electron chi connectivity index (χ3n) is 9.67. The predicted octanol–water partition coefficient (Wildman–Crippen LogP) is 12.3. The Morgan fingerprint density at radius 3 is 1.52 bits per heavy atom. The normalized spacial score (nSPS) is 13.9. The van der Waals surface area contributed by atoms with Crippen molar-refractivity contribution in [1.82, 2.24) is 0 Å². The maximum absolute atomic E-state index is 12.7. The summed E-state index contributed by atoms with van der Waals surface area (Å²) >= 11 is 0. The molecule has 0 aromatic rings. The van der Waals surface area contributed by atoms with Crippen LogP contribution in [0.1, 0.15) is 194 Å². The highest BCUT2D eigenvalue weighted by molar-refractivity contribution is 7.45. The molecular weight excluding hydrogens is 725 g/mol. The summed E-state index contributed by atoms with van der Waals surface area (Å²) in [7, 11) is 1.15. The minimum atomic E-state index is -4.63. The first-order valence-corrected chi connectivity index (χ1v) is 24.2. The standard InChI is InChI=1S/C46H86NO8P/c1-6-8-10-12-14-16-18-20-22-23-25-26-28-30-32-34-36-38-45(48)52-42-44(43-54-56(50,51)53-41-40-47(3,4)5)55-46(49)39-37-35-33-31-29-27-24-21-19-17-15-13-11-9-7-2/h9,11,15,17,21,24,44H,6-8,10,12-14,16,18-20,22-23,25-43H2,1-5H3/b11-9-,17-15-,24-21-/t44-/m1/s1. The van der Waals surface area contributed by atoms with E-state index in [1.54, 1.807) is 0 Å². The van der Waals surface area contributed by atoms with E-state index in [9.17, 15) is 19.0 Å². The van der Waals surface area contributed by atoms with E-state index in [1.807, 2.05) is 21.1 Å². The molecule has 0 amide bonds. The summed E-state index contributed by atoms with van der Waals surface area (Å²) in [6.45, 7) is 4.11. The van der Waals surface area contributed by atoms with Crippen LogP contribution < -0.4 is 4.89 Å². The molecule has 0 aliphatic carbocycles. The number of phosphoric ester groups is 1. The molecule has 1 unspecified atom stereocenters. The Bertz CT molecular complexity index is 1050. The third kappa shape index (κ3) is 41.9. The maximum Gasteiger partial charge on any atom is 0.306 e. The molecule has 56 heavy (non-hydrogen) atoms. The molecule has 0 aliphatic heterocycles. The average molecular weight is 812 g/mol. The Balaban J connectivity index is 4.33. The SMILES string of the molecule is CC/C=C\C/C=C\C/C=C\CCCCCCCC(=O)O[C@H](COC(=O)CCCCCCCCCCCCCCCCCCC)COP(=O)([O-])OCC[N+](C)(C)C. The number of unbranched alkanes of at least 4 members (excludes halogenated alkanes) is 21. The lowest BCUT2D eigenvalue weighted by Gasteiger charge is -2.28. The van der Waals surface area contributed by atoms with E-state index >= 15 is 0 Å². The molecule has 328 valence electrons. The molecule has 10 heteroatoms. The second-order valence-corrected chi connectivity index (χ2v) is 17.8. The van der Waals surface area contributed by atoms with Gasteiger partial charge in [-0.25, -0.2) is 0 Å². The van der Waals surface area contributed by atoms with Gasteiger partial charge in [0.2, 0.25) is 0 Å². The zero-order valence-corrected chi connectivity index (χ0v) is 37.7. The van der Waals surface area contributed by atoms with Crippen LogP contribution in [0, 0.1) is 0 Å². The first-order chi connectivity index (χ1) is 27.0. The highest BCUT2D eigenvalue weighted by atomic mass is 31.2. The number of ether oxygens (including phenoxy) is 2. The van der Waals surface area contributed by atoms with Gasteiger partial charge < -0.3 is 27.9 Å². The number of rotatable bonds is 41. The molecule has 9 nitrogen and oxygen atoms in total. The molecule has 0 rings (SSSR count). The Labute approximate surface area is 344 Å². The first kappa shape index (κ1) is 54.2. The molecule has 0 aromatic heterocycles. The molecule has 0 fully saturated rings. The van der Waals surface area contributed by atoms with Gasteiger partial charge in [0, 0.05) is 12.8 Å². The molecule has 0 aliphatic rings. The molecular formula is C46H86NO8P. The average Bonchev–Trinajstić information content (AvgIpc) is 3.15. The Kier molecular flexibility index (Phi) is 37.5. The van der Waals surface area contributed by atoms with E-state index in [1.165, 1.54) is 89.9 Å². The zero-order chi connectivity index (χ0) is 41.4. The lowest BCUT2D eigenvalue weighted by atomic mass is 10.0. The van der Waals surface area contributed by atoms with E-state index in [4.69, 9.17) is 18.5 Å². The van der Waals surface area contributed by atoms with Crippen molar-refractivity contribution in [3.05, 3.63) is 36.5 Å². The molecule has 0 bridgehead atoms. The highest BCUT2D eigenvalue weighted by Crippen LogP contribution is 2.38. The van der Waals surface area contributed by atoms with E-state index in [0.29, 0.717) is 17.4 Å². The van der Waals surface area contributed by atoms with Gasteiger partial charge in [-0.05, 0) is 44.9 Å². The zero-order valence-electron chi connectivity index (χ0n) is 36.8. The molecule has 2 atom stereocenters. The Hall–Kier alpha value is -1.77. The van der Waals surface area contributed by atoms with Gasteiger partial charge in [0.25, 0.3) is 7.82 Å². The fourth-order valence-electron chi connectivity index (χ4n) is 6.14. The number of hydrogen-bond acceptors (Lipinski definition) is 8. The molecule has 0 radical (unpaired) electrons. The van der Waals surface area contributed by atoms with Gasteiger partial charge in [-0.3, -0.25) is 14.2 Å². The molecule has 0 saturated carbocycles.